The Hall–Kier alpha value is -3.59. The number of aliphatic hydroxyl groups is 1. The van der Waals surface area contributed by atoms with Crippen LogP contribution in [0.15, 0.2) is 53.7 Å². The van der Waals surface area contributed by atoms with E-state index in [9.17, 15) is 20.0 Å². The van der Waals surface area contributed by atoms with E-state index in [0.29, 0.717) is 24.4 Å². The summed E-state index contributed by atoms with van der Waals surface area (Å²) in [5, 5.41) is 23.0. The molecule has 0 aliphatic carbocycles. The highest BCUT2D eigenvalue weighted by molar-refractivity contribution is 5.74. The standard InChI is InChI=1S/C25H28N2O7/c1-25(2,3)34-24(29)26-14-17(11-7-10-16-8-5-4-6-9-16)22(26)23(28)18-12-20-21(33-15-32-20)13-19(18)27(30)31/h4-6,8-9,12-13,23,28H,7,10-11,14-15H2,1-3H3. The Balaban J connectivity index is 1.63. The third kappa shape index (κ3) is 4.99. The van der Waals surface area contributed by atoms with Gasteiger partial charge in [-0.3, -0.25) is 15.0 Å². The largest absolute Gasteiger partial charge is 0.454 e. The quantitative estimate of drug-likeness (QED) is 0.455. The Morgan fingerprint density at radius 3 is 2.50 bits per heavy atom. The molecule has 1 N–H and O–H groups in total. The molecule has 1 atom stereocenters. The summed E-state index contributed by atoms with van der Waals surface area (Å²) in [5.41, 5.74) is 1.40. The number of aryl methyl sites for hydroxylation is 1. The third-order valence-corrected chi connectivity index (χ3v) is 5.67. The van der Waals surface area contributed by atoms with Gasteiger partial charge in [0.15, 0.2) is 11.5 Å². The zero-order valence-electron chi connectivity index (χ0n) is 19.4. The van der Waals surface area contributed by atoms with Crippen molar-refractivity contribution in [3.8, 4) is 11.5 Å². The topological polar surface area (TPSA) is 111 Å². The SMILES string of the molecule is CC(C)(C)OC(=O)N1CC(CCCc2ccccc2)=C1C(O)c1cc2c(cc1[N+](=O)[O-])OCO2. The number of ether oxygens (including phenoxy) is 3. The molecule has 0 bridgehead atoms. The van der Waals surface area contributed by atoms with Crippen LogP contribution in [-0.4, -0.2) is 40.0 Å². The zero-order chi connectivity index (χ0) is 24.5. The van der Waals surface area contributed by atoms with Gasteiger partial charge in [-0.1, -0.05) is 30.3 Å². The van der Waals surface area contributed by atoms with Gasteiger partial charge in [0, 0.05) is 0 Å². The first-order valence-electron chi connectivity index (χ1n) is 11.2. The molecule has 2 aliphatic heterocycles. The Morgan fingerprint density at radius 2 is 1.85 bits per heavy atom. The van der Waals surface area contributed by atoms with E-state index in [4.69, 9.17) is 14.2 Å². The maximum atomic E-state index is 12.8. The average molecular weight is 469 g/mol. The normalized spacial score (nSPS) is 15.7. The van der Waals surface area contributed by atoms with E-state index in [1.807, 2.05) is 30.3 Å². The van der Waals surface area contributed by atoms with Crippen LogP contribution in [0.3, 0.4) is 0 Å². The lowest BCUT2D eigenvalue weighted by Gasteiger charge is -2.40. The Labute approximate surface area is 197 Å². The summed E-state index contributed by atoms with van der Waals surface area (Å²) in [4.78, 5) is 25.3. The second-order valence-electron chi connectivity index (χ2n) is 9.32. The summed E-state index contributed by atoms with van der Waals surface area (Å²) in [6.45, 7) is 5.52. The number of carbonyl (C=O) groups excluding carboxylic acids is 1. The molecule has 2 heterocycles. The first kappa shape index (κ1) is 23.6. The maximum absolute atomic E-state index is 12.8. The summed E-state index contributed by atoms with van der Waals surface area (Å²) < 4.78 is 16.1. The van der Waals surface area contributed by atoms with Gasteiger partial charge >= 0.3 is 6.09 Å². The van der Waals surface area contributed by atoms with Crippen molar-refractivity contribution in [1.82, 2.24) is 4.90 Å². The number of hydrogen-bond donors (Lipinski definition) is 1. The van der Waals surface area contributed by atoms with Crippen LogP contribution >= 0.6 is 0 Å². The van der Waals surface area contributed by atoms with Crippen molar-refractivity contribution >= 4 is 11.8 Å². The van der Waals surface area contributed by atoms with Crippen LogP contribution in [-0.2, 0) is 11.2 Å². The highest BCUT2D eigenvalue weighted by Gasteiger charge is 2.40. The third-order valence-electron chi connectivity index (χ3n) is 5.67. The number of rotatable bonds is 7. The molecule has 9 heteroatoms. The lowest BCUT2D eigenvalue weighted by Crippen LogP contribution is -2.46. The van der Waals surface area contributed by atoms with Gasteiger partial charge in [-0.25, -0.2) is 4.79 Å². The van der Waals surface area contributed by atoms with Gasteiger partial charge in [0.2, 0.25) is 6.79 Å². The van der Waals surface area contributed by atoms with Crippen LogP contribution in [0.25, 0.3) is 0 Å². The highest BCUT2D eigenvalue weighted by atomic mass is 16.7. The van der Waals surface area contributed by atoms with Crippen LogP contribution in [0.4, 0.5) is 10.5 Å². The molecule has 0 radical (unpaired) electrons. The summed E-state index contributed by atoms with van der Waals surface area (Å²) in [5.74, 6) is 0.561. The van der Waals surface area contributed by atoms with Gasteiger partial charge in [-0.15, -0.1) is 0 Å². The Morgan fingerprint density at radius 1 is 1.18 bits per heavy atom. The summed E-state index contributed by atoms with van der Waals surface area (Å²) in [7, 11) is 0. The molecule has 0 fully saturated rings. The molecule has 0 saturated carbocycles. The van der Waals surface area contributed by atoms with E-state index < -0.39 is 22.7 Å². The minimum Gasteiger partial charge on any atom is -0.454 e. The van der Waals surface area contributed by atoms with E-state index >= 15 is 0 Å². The van der Waals surface area contributed by atoms with E-state index in [2.05, 4.69) is 0 Å². The van der Waals surface area contributed by atoms with Crippen molar-refractivity contribution in [2.45, 2.75) is 51.7 Å². The molecule has 2 aromatic rings. The van der Waals surface area contributed by atoms with Gasteiger partial charge in [-0.2, -0.15) is 0 Å². The number of benzene rings is 2. The summed E-state index contributed by atoms with van der Waals surface area (Å²) in [6.07, 6.45) is 0.282. The van der Waals surface area contributed by atoms with Gasteiger partial charge in [-0.05, 0) is 57.2 Å². The molecule has 2 aliphatic rings. The van der Waals surface area contributed by atoms with Crippen LogP contribution in [0.5, 0.6) is 11.5 Å². The molecule has 1 unspecified atom stereocenters. The van der Waals surface area contributed by atoms with Crippen molar-refractivity contribution in [3.63, 3.8) is 0 Å². The smallest absolute Gasteiger partial charge is 0.414 e. The van der Waals surface area contributed by atoms with Crippen LogP contribution in [0.1, 0.15) is 50.8 Å². The number of aliphatic hydroxyl groups excluding tert-OH is 1. The number of nitro benzene ring substituents is 1. The monoisotopic (exact) mass is 468 g/mol. The van der Waals surface area contributed by atoms with E-state index in [0.717, 1.165) is 18.4 Å². The fraction of sp³-hybridized carbons (Fsp3) is 0.400. The van der Waals surface area contributed by atoms with Crippen molar-refractivity contribution in [2.24, 2.45) is 0 Å². The fourth-order valence-corrected chi connectivity index (χ4v) is 4.11. The second kappa shape index (κ2) is 9.34. The molecule has 180 valence electrons. The fourth-order valence-electron chi connectivity index (χ4n) is 4.11. The van der Waals surface area contributed by atoms with Gasteiger partial charge in [0.05, 0.1) is 28.8 Å². The van der Waals surface area contributed by atoms with Crippen molar-refractivity contribution in [2.75, 3.05) is 13.3 Å². The molecule has 34 heavy (non-hydrogen) atoms. The Bertz CT molecular complexity index is 1120. The lowest BCUT2D eigenvalue weighted by molar-refractivity contribution is -0.386. The van der Waals surface area contributed by atoms with E-state index in [1.165, 1.54) is 22.6 Å². The number of carbonyl (C=O) groups is 1. The number of nitrogens with zero attached hydrogens (tertiary/aromatic N) is 2. The van der Waals surface area contributed by atoms with E-state index in [1.54, 1.807) is 20.8 Å². The Kier molecular flexibility index (Phi) is 6.47. The predicted molar refractivity (Wildman–Crippen MR) is 124 cm³/mol. The molecular weight excluding hydrogens is 440 g/mol. The minimum absolute atomic E-state index is 0.0399. The minimum atomic E-state index is -1.40. The predicted octanol–water partition coefficient (Wildman–Crippen LogP) is 4.88. The first-order valence-corrected chi connectivity index (χ1v) is 11.2. The highest BCUT2D eigenvalue weighted by Crippen LogP contribution is 2.45. The van der Waals surface area contributed by atoms with Gasteiger partial charge in [0.1, 0.15) is 11.7 Å². The van der Waals surface area contributed by atoms with Gasteiger partial charge in [0.25, 0.3) is 5.69 Å². The molecule has 2 aromatic carbocycles. The molecule has 0 saturated heterocycles. The van der Waals surface area contributed by atoms with Crippen molar-refractivity contribution < 1.29 is 29.0 Å². The zero-order valence-corrected chi connectivity index (χ0v) is 19.4. The summed E-state index contributed by atoms with van der Waals surface area (Å²) >= 11 is 0. The molecule has 0 spiro atoms. The number of fused-ring (bicyclic) bond motifs is 1. The first-order chi connectivity index (χ1) is 16.1. The molecule has 4 rings (SSSR count). The molecule has 9 nitrogen and oxygen atoms in total. The number of hydrogen-bond acceptors (Lipinski definition) is 7. The molecule has 0 aromatic heterocycles. The number of amides is 1. The van der Waals surface area contributed by atoms with Crippen molar-refractivity contribution in [1.29, 1.82) is 0 Å². The van der Waals surface area contributed by atoms with Gasteiger partial charge < -0.3 is 19.3 Å². The summed E-state index contributed by atoms with van der Waals surface area (Å²) in [6, 6.07) is 12.7. The van der Waals surface area contributed by atoms with Crippen LogP contribution in [0, 0.1) is 10.1 Å². The average Bonchev–Trinajstić information content (AvgIpc) is 3.21. The van der Waals surface area contributed by atoms with Crippen LogP contribution < -0.4 is 9.47 Å². The maximum Gasteiger partial charge on any atom is 0.414 e. The van der Waals surface area contributed by atoms with E-state index in [-0.39, 0.29) is 23.8 Å². The molecule has 1 amide bonds. The molecular formula is C25H28N2O7. The second-order valence-corrected chi connectivity index (χ2v) is 9.32. The van der Waals surface area contributed by atoms with Crippen molar-refractivity contribution in [3.05, 3.63) is 75.0 Å². The number of nitro groups is 1. The lowest BCUT2D eigenvalue weighted by atomic mass is 9.90. The van der Waals surface area contributed by atoms with Crippen LogP contribution in [0.2, 0.25) is 0 Å².